The lowest BCUT2D eigenvalue weighted by atomic mass is 10.0. The molecule has 3 aromatic carbocycles. The van der Waals surface area contributed by atoms with Crippen LogP contribution in [0, 0.1) is 6.92 Å². The first kappa shape index (κ1) is 36.1. The van der Waals surface area contributed by atoms with E-state index in [-0.39, 0.29) is 15.8 Å². The van der Waals surface area contributed by atoms with Crippen molar-refractivity contribution in [2.45, 2.75) is 131 Å². The van der Waals surface area contributed by atoms with Gasteiger partial charge in [-0.3, -0.25) is 0 Å². The van der Waals surface area contributed by atoms with E-state index in [0.717, 1.165) is 5.56 Å². The van der Waals surface area contributed by atoms with Gasteiger partial charge in [0, 0.05) is 0 Å². The van der Waals surface area contributed by atoms with Gasteiger partial charge in [0.1, 0.15) is 15.9 Å². The van der Waals surface area contributed by atoms with Gasteiger partial charge in [0.2, 0.25) is 0 Å². The highest BCUT2D eigenvalue weighted by Gasteiger charge is 2.23. The average molecular weight is 611 g/mol. The van der Waals surface area contributed by atoms with E-state index in [0.29, 0.717) is 0 Å². The molecule has 0 fully saturated rings. The molecule has 0 aliphatic rings. The zero-order valence-electron chi connectivity index (χ0n) is 26.1. The number of unbranched alkanes of at least 4 members (excludes halogenated alkanes) is 15. The van der Waals surface area contributed by atoms with Gasteiger partial charge in [-0.2, -0.15) is 0 Å². The van der Waals surface area contributed by atoms with Crippen molar-refractivity contribution in [1.82, 2.24) is 0 Å². The van der Waals surface area contributed by atoms with Crippen LogP contribution in [-0.4, -0.2) is 18.7 Å². The van der Waals surface area contributed by atoms with Crippen LogP contribution in [0.15, 0.2) is 99.6 Å². The van der Waals surface area contributed by atoms with Crippen LogP contribution in [0.3, 0.4) is 0 Å². The van der Waals surface area contributed by atoms with E-state index in [2.05, 4.69) is 67.6 Å². The zero-order chi connectivity index (χ0) is 30.3. The van der Waals surface area contributed by atoms with Crippen LogP contribution < -0.4 is 0 Å². The maximum atomic E-state index is 10.4. The minimum Gasteiger partial charge on any atom is -0.744 e. The molecule has 0 unspecified atom stereocenters. The summed E-state index contributed by atoms with van der Waals surface area (Å²) in [6.45, 7) is 4.12. The molecule has 0 radical (unpaired) electrons. The first-order chi connectivity index (χ1) is 20.4. The SMILES string of the molecule is CCCCCCCCCCCCCCCCCC[S+](c1ccccc1)c1ccccc1.Cc1ccc(S(=O)(=O)[O-])cc1. The van der Waals surface area contributed by atoms with Crippen molar-refractivity contribution in [1.29, 1.82) is 0 Å². The molecule has 42 heavy (non-hydrogen) atoms. The van der Waals surface area contributed by atoms with Crippen LogP contribution >= 0.6 is 0 Å². The molecule has 0 atom stereocenters. The van der Waals surface area contributed by atoms with Crippen LogP contribution in [-0.2, 0) is 21.0 Å². The fourth-order valence-corrected chi connectivity index (χ4v) is 7.72. The summed E-state index contributed by atoms with van der Waals surface area (Å²) in [7, 11) is -4.04. The summed E-state index contributed by atoms with van der Waals surface area (Å²) in [5.74, 6) is 1.30. The molecule has 0 saturated carbocycles. The van der Waals surface area contributed by atoms with Crippen molar-refractivity contribution >= 4 is 21.0 Å². The Bertz CT molecular complexity index is 1110. The predicted molar refractivity (Wildman–Crippen MR) is 180 cm³/mol. The van der Waals surface area contributed by atoms with Gasteiger partial charge in [0.05, 0.1) is 15.8 Å². The third-order valence-electron chi connectivity index (χ3n) is 7.57. The summed E-state index contributed by atoms with van der Waals surface area (Å²) in [6.07, 6.45) is 23.0. The lowest BCUT2D eigenvalue weighted by molar-refractivity contribution is 0.463. The number of hydrogen-bond donors (Lipinski definition) is 0. The summed E-state index contributed by atoms with van der Waals surface area (Å²) in [4.78, 5) is 2.81. The molecule has 0 bridgehead atoms. The largest absolute Gasteiger partial charge is 0.744 e. The second kappa shape index (κ2) is 22.5. The average Bonchev–Trinajstić information content (AvgIpc) is 3.00. The standard InChI is InChI=1S/C30H47S.C7H8O3S/c1-2-3-4-5-6-7-8-9-10-11-12-13-14-15-16-23-28-31(29-24-19-17-20-25-29)30-26-21-18-22-27-30;1-6-2-4-7(5-3-6)11(8,9)10/h17-22,24-27H,2-16,23,28H2,1H3;2-5H,1H3,(H,8,9,10)/q+1;/p-1. The summed E-state index contributed by atoms with van der Waals surface area (Å²) in [5, 5.41) is 0. The van der Waals surface area contributed by atoms with E-state index in [9.17, 15) is 13.0 Å². The van der Waals surface area contributed by atoms with Crippen LogP contribution in [0.25, 0.3) is 0 Å². The molecule has 3 aromatic rings. The molecule has 3 nitrogen and oxygen atoms in total. The van der Waals surface area contributed by atoms with Gasteiger partial charge in [0.25, 0.3) is 0 Å². The van der Waals surface area contributed by atoms with E-state index in [1.807, 2.05) is 6.92 Å². The molecule has 0 heterocycles. The third kappa shape index (κ3) is 16.5. The molecule has 0 aromatic heterocycles. The van der Waals surface area contributed by atoms with Crippen LogP contribution in [0.4, 0.5) is 0 Å². The monoisotopic (exact) mass is 610 g/mol. The summed E-state index contributed by atoms with van der Waals surface area (Å²) >= 11 is 0. The minimum absolute atomic E-state index is 0.178. The number of aryl methyl sites for hydroxylation is 1. The van der Waals surface area contributed by atoms with Crippen molar-refractivity contribution in [2.75, 3.05) is 5.75 Å². The first-order valence-corrected chi connectivity index (χ1v) is 19.1. The van der Waals surface area contributed by atoms with Crippen molar-refractivity contribution in [2.24, 2.45) is 0 Å². The highest BCUT2D eigenvalue weighted by molar-refractivity contribution is 7.97. The Labute approximate surface area is 260 Å². The van der Waals surface area contributed by atoms with Crippen molar-refractivity contribution in [3.05, 3.63) is 90.5 Å². The quantitative estimate of drug-likeness (QED) is 0.0726. The van der Waals surface area contributed by atoms with E-state index >= 15 is 0 Å². The topological polar surface area (TPSA) is 57.2 Å². The van der Waals surface area contributed by atoms with E-state index in [1.165, 1.54) is 130 Å². The van der Waals surface area contributed by atoms with Gasteiger partial charge < -0.3 is 4.55 Å². The Hall–Kier alpha value is -2.08. The fourth-order valence-electron chi connectivity index (χ4n) is 5.04. The van der Waals surface area contributed by atoms with Gasteiger partial charge in [-0.15, -0.1) is 0 Å². The lowest BCUT2D eigenvalue weighted by Gasteiger charge is -2.08. The first-order valence-electron chi connectivity index (χ1n) is 16.3. The second-order valence-electron chi connectivity index (χ2n) is 11.3. The maximum Gasteiger partial charge on any atom is 0.160 e. The smallest absolute Gasteiger partial charge is 0.160 e. The Balaban J connectivity index is 0.000000468. The summed E-state index contributed by atoms with van der Waals surface area (Å²) in [5.41, 5.74) is 0.928. The molecule has 0 aliphatic heterocycles. The normalized spacial score (nSPS) is 11.3. The van der Waals surface area contributed by atoms with E-state index in [1.54, 1.807) is 12.1 Å². The van der Waals surface area contributed by atoms with Gasteiger partial charge in [-0.05, 0) is 56.2 Å². The fraction of sp³-hybridized carbons (Fsp3) is 0.514. The molecule has 0 aliphatic carbocycles. The summed E-state index contributed by atoms with van der Waals surface area (Å²) < 4.78 is 31.2. The Morgan fingerprint density at radius 1 is 0.524 bits per heavy atom. The lowest BCUT2D eigenvalue weighted by Crippen LogP contribution is -2.08. The summed E-state index contributed by atoms with van der Waals surface area (Å²) in [6, 6.07) is 28.0. The third-order valence-corrected chi connectivity index (χ3v) is 10.8. The number of hydrogen-bond acceptors (Lipinski definition) is 3. The van der Waals surface area contributed by atoms with Crippen LogP contribution in [0.5, 0.6) is 0 Å². The van der Waals surface area contributed by atoms with Crippen molar-refractivity contribution in [3.63, 3.8) is 0 Å². The Morgan fingerprint density at radius 2 is 0.881 bits per heavy atom. The van der Waals surface area contributed by atoms with Crippen LogP contribution in [0.2, 0.25) is 0 Å². The molecule has 0 N–H and O–H groups in total. The highest BCUT2D eigenvalue weighted by atomic mass is 32.2. The molecule has 232 valence electrons. The van der Waals surface area contributed by atoms with Gasteiger partial charge in [-0.25, -0.2) is 8.42 Å². The van der Waals surface area contributed by atoms with Gasteiger partial charge in [-0.1, -0.05) is 151 Å². The number of benzene rings is 3. The van der Waals surface area contributed by atoms with E-state index < -0.39 is 10.1 Å². The molecule has 0 spiro atoms. The van der Waals surface area contributed by atoms with Crippen LogP contribution in [0.1, 0.15) is 115 Å². The number of rotatable bonds is 20. The van der Waals surface area contributed by atoms with Crippen molar-refractivity contribution < 1.29 is 13.0 Å². The Kier molecular flexibility index (Phi) is 19.3. The molecule has 5 heteroatoms. The zero-order valence-corrected chi connectivity index (χ0v) is 27.8. The molecule has 0 amide bonds. The van der Waals surface area contributed by atoms with E-state index in [4.69, 9.17) is 0 Å². The van der Waals surface area contributed by atoms with Gasteiger partial charge >= 0.3 is 0 Å². The Morgan fingerprint density at radius 3 is 1.24 bits per heavy atom. The minimum atomic E-state index is -4.27. The maximum absolute atomic E-state index is 10.4. The predicted octanol–water partition coefficient (Wildman–Crippen LogP) is 10.9. The molecular weight excluding hydrogens is 557 g/mol. The highest BCUT2D eigenvalue weighted by Crippen LogP contribution is 2.25. The molecule has 0 saturated heterocycles. The second-order valence-corrected chi connectivity index (χ2v) is 14.8. The van der Waals surface area contributed by atoms with Gasteiger partial charge in [0.15, 0.2) is 9.79 Å². The molecule has 3 rings (SSSR count). The molecular formula is C37H54O3S2. The van der Waals surface area contributed by atoms with Crippen molar-refractivity contribution in [3.8, 4) is 0 Å².